The largest absolute Gasteiger partial charge is 0.494 e. The molecule has 0 aromatic heterocycles. The molecule has 3 rings (SSSR count). The second-order valence-corrected chi connectivity index (χ2v) is 10.6. The third-order valence-corrected chi connectivity index (χ3v) is 7.99. The number of hydrogen-bond acceptors (Lipinski definition) is 4. The SMILES string of the molecule is CCC(CC)CCCOc1ccc(-c2cc(B(O)O)cc(-c3ccc(OCCCC(CC)CC)cc3)c2)cc1. The highest BCUT2D eigenvalue weighted by Gasteiger charge is 2.15. The van der Waals surface area contributed by atoms with Gasteiger partial charge < -0.3 is 19.5 Å². The van der Waals surface area contributed by atoms with Gasteiger partial charge in [0, 0.05) is 0 Å². The molecule has 0 bridgehead atoms. The number of rotatable bonds is 17. The van der Waals surface area contributed by atoms with Crippen LogP contribution in [0.2, 0.25) is 0 Å². The van der Waals surface area contributed by atoms with E-state index >= 15 is 0 Å². The fraction of sp³-hybridized carbons (Fsp3) is 0.471. The first-order valence-electron chi connectivity index (χ1n) is 14.9. The normalized spacial score (nSPS) is 11.3. The summed E-state index contributed by atoms with van der Waals surface area (Å²) < 4.78 is 11.9. The summed E-state index contributed by atoms with van der Waals surface area (Å²) in [5.41, 5.74) is 4.32. The summed E-state index contributed by atoms with van der Waals surface area (Å²) in [6, 6.07) is 21.8. The molecule has 0 amide bonds. The van der Waals surface area contributed by atoms with Crippen LogP contribution in [0.4, 0.5) is 0 Å². The van der Waals surface area contributed by atoms with Crippen LogP contribution in [0.1, 0.15) is 79.1 Å². The van der Waals surface area contributed by atoms with E-state index in [1.165, 1.54) is 38.5 Å². The predicted molar refractivity (Wildman–Crippen MR) is 165 cm³/mol. The van der Waals surface area contributed by atoms with Gasteiger partial charge >= 0.3 is 7.12 Å². The summed E-state index contributed by atoms with van der Waals surface area (Å²) in [6.45, 7) is 10.5. The Morgan fingerprint density at radius 2 is 0.949 bits per heavy atom. The minimum atomic E-state index is -1.54. The first-order chi connectivity index (χ1) is 19.0. The molecular weight excluding hydrogens is 483 g/mol. The van der Waals surface area contributed by atoms with Crippen molar-refractivity contribution in [3.8, 4) is 33.8 Å². The van der Waals surface area contributed by atoms with E-state index in [0.717, 1.165) is 71.6 Å². The van der Waals surface area contributed by atoms with E-state index in [2.05, 4.69) is 33.8 Å². The van der Waals surface area contributed by atoms with Crippen LogP contribution in [0.3, 0.4) is 0 Å². The van der Waals surface area contributed by atoms with Crippen LogP contribution in [0.5, 0.6) is 11.5 Å². The zero-order valence-corrected chi connectivity index (χ0v) is 24.4. The third-order valence-electron chi connectivity index (χ3n) is 7.99. The lowest BCUT2D eigenvalue weighted by molar-refractivity contribution is 0.288. The maximum atomic E-state index is 9.96. The minimum Gasteiger partial charge on any atom is -0.494 e. The smallest absolute Gasteiger partial charge is 0.488 e. The van der Waals surface area contributed by atoms with Crippen molar-refractivity contribution < 1.29 is 19.5 Å². The van der Waals surface area contributed by atoms with Gasteiger partial charge in [0.15, 0.2) is 0 Å². The van der Waals surface area contributed by atoms with E-state index < -0.39 is 7.12 Å². The van der Waals surface area contributed by atoms with Gasteiger partial charge in [0.05, 0.1) is 13.2 Å². The lowest BCUT2D eigenvalue weighted by atomic mass is 9.77. The van der Waals surface area contributed by atoms with Gasteiger partial charge in [-0.2, -0.15) is 0 Å². The van der Waals surface area contributed by atoms with E-state index in [4.69, 9.17) is 9.47 Å². The van der Waals surface area contributed by atoms with Crippen LogP contribution in [0.15, 0.2) is 66.7 Å². The summed E-state index contributed by atoms with van der Waals surface area (Å²) >= 11 is 0. The number of ether oxygens (including phenoxy) is 2. The molecule has 0 saturated carbocycles. The molecule has 2 N–H and O–H groups in total. The summed E-state index contributed by atoms with van der Waals surface area (Å²) in [7, 11) is -1.54. The fourth-order valence-corrected chi connectivity index (χ4v) is 5.14. The molecule has 3 aromatic rings. The number of benzene rings is 3. The molecule has 0 atom stereocenters. The fourth-order valence-electron chi connectivity index (χ4n) is 5.14. The van der Waals surface area contributed by atoms with Crippen molar-refractivity contribution >= 4 is 12.6 Å². The molecule has 5 heteroatoms. The van der Waals surface area contributed by atoms with Crippen molar-refractivity contribution in [1.82, 2.24) is 0 Å². The molecule has 0 aliphatic heterocycles. The first-order valence-corrected chi connectivity index (χ1v) is 14.9. The predicted octanol–water partition coefficient (Wildman–Crippen LogP) is 7.89. The topological polar surface area (TPSA) is 58.9 Å². The molecule has 4 nitrogen and oxygen atoms in total. The van der Waals surface area contributed by atoms with Gasteiger partial charge in [-0.1, -0.05) is 89.8 Å². The Balaban J connectivity index is 1.66. The second-order valence-electron chi connectivity index (χ2n) is 10.6. The Hall–Kier alpha value is -2.76. The molecule has 3 aromatic carbocycles. The van der Waals surface area contributed by atoms with E-state index in [9.17, 15) is 10.0 Å². The summed E-state index contributed by atoms with van der Waals surface area (Å²) in [5, 5.41) is 19.9. The van der Waals surface area contributed by atoms with Crippen molar-refractivity contribution in [3.63, 3.8) is 0 Å². The summed E-state index contributed by atoms with van der Waals surface area (Å²) in [4.78, 5) is 0. The van der Waals surface area contributed by atoms with Crippen LogP contribution in [0.25, 0.3) is 22.3 Å². The molecule has 0 fully saturated rings. The Kier molecular flexibility index (Phi) is 12.9. The van der Waals surface area contributed by atoms with Gasteiger partial charge in [-0.3, -0.25) is 0 Å². The zero-order chi connectivity index (χ0) is 28.0. The average molecular weight is 531 g/mol. The molecule has 210 valence electrons. The summed E-state index contributed by atoms with van der Waals surface area (Å²) in [5.74, 6) is 3.29. The van der Waals surface area contributed by atoms with Crippen molar-refractivity contribution in [1.29, 1.82) is 0 Å². The van der Waals surface area contributed by atoms with Crippen LogP contribution in [0, 0.1) is 11.8 Å². The highest BCUT2D eigenvalue weighted by molar-refractivity contribution is 6.58. The lowest BCUT2D eigenvalue weighted by Crippen LogP contribution is -2.29. The van der Waals surface area contributed by atoms with Crippen LogP contribution in [-0.2, 0) is 0 Å². The zero-order valence-electron chi connectivity index (χ0n) is 24.4. The Bertz CT molecular complexity index is 1010. The monoisotopic (exact) mass is 530 g/mol. The van der Waals surface area contributed by atoms with Gasteiger partial charge in [0.25, 0.3) is 0 Å². The third kappa shape index (κ3) is 9.74. The van der Waals surface area contributed by atoms with E-state index in [1.54, 1.807) is 0 Å². The van der Waals surface area contributed by atoms with Crippen LogP contribution in [-0.4, -0.2) is 30.4 Å². The maximum Gasteiger partial charge on any atom is 0.488 e. The van der Waals surface area contributed by atoms with E-state index in [0.29, 0.717) is 5.46 Å². The Morgan fingerprint density at radius 1 is 0.564 bits per heavy atom. The standard InChI is InChI=1S/C34H47BO4/c1-5-26(6-2)11-9-21-38-33-17-13-28(14-18-33)30-23-31(25-32(24-30)35(36)37)29-15-19-34(20-16-29)39-22-10-12-27(7-3)8-4/h13-20,23-27,36-37H,5-12,21-22H2,1-4H3. The second kappa shape index (κ2) is 16.4. The van der Waals surface area contributed by atoms with E-state index in [-0.39, 0.29) is 0 Å². The van der Waals surface area contributed by atoms with E-state index in [1.807, 2.05) is 60.7 Å². The molecule has 0 radical (unpaired) electrons. The van der Waals surface area contributed by atoms with Gasteiger partial charge in [-0.05, 0) is 95.6 Å². The molecule has 0 saturated heterocycles. The summed E-state index contributed by atoms with van der Waals surface area (Å²) in [6.07, 6.45) is 9.45. The number of hydrogen-bond donors (Lipinski definition) is 2. The molecule has 0 heterocycles. The van der Waals surface area contributed by atoms with Gasteiger partial charge in [0.1, 0.15) is 11.5 Å². The quantitative estimate of drug-likeness (QED) is 0.138. The van der Waals surface area contributed by atoms with Crippen molar-refractivity contribution in [2.45, 2.75) is 79.1 Å². The highest BCUT2D eigenvalue weighted by Crippen LogP contribution is 2.29. The van der Waals surface area contributed by atoms with Gasteiger partial charge in [-0.15, -0.1) is 0 Å². The Labute approximate surface area is 236 Å². The van der Waals surface area contributed by atoms with Crippen molar-refractivity contribution in [3.05, 3.63) is 66.7 Å². The van der Waals surface area contributed by atoms with Crippen LogP contribution >= 0.6 is 0 Å². The average Bonchev–Trinajstić information content (AvgIpc) is 2.97. The van der Waals surface area contributed by atoms with Gasteiger partial charge in [-0.25, -0.2) is 0 Å². The van der Waals surface area contributed by atoms with Crippen LogP contribution < -0.4 is 14.9 Å². The first kappa shape index (κ1) is 30.8. The van der Waals surface area contributed by atoms with Crippen molar-refractivity contribution in [2.75, 3.05) is 13.2 Å². The maximum absolute atomic E-state index is 9.96. The molecule has 0 aliphatic carbocycles. The molecule has 0 spiro atoms. The lowest BCUT2D eigenvalue weighted by Gasteiger charge is -2.14. The Morgan fingerprint density at radius 3 is 1.28 bits per heavy atom. The van der Waals surface area contributed by atoms with Gasteiger partial charge in [0.2, 0.25) is 0 Å². The van der Waals surface area contributed by atoms with Crippen molar-refractivity contribution in [2.24, 2.45) is 11.8 Å². The molecule has 39 heavy (non-hydrogen) atoms. The molecular formula is C34H47BO4. The molecule has 0 unspecified atom stereocenters. The highest BCUT2D eigenvalue weighted by atomic mass is 16.5. The minimum absolute atomic E-state index is 0.464. The molecule has 0 aliphatic rings.